The summed E-state index contributed by atoms with van der Waals surface area (Å²) in [5, 5.41) is 9.61. The Balaban J connectivity index is 2.57. The molecule has 70 valence electrons. The van der Waals surface area contributed by atoms with Crippen LogP contribution in [0.5, 0.6) is 5.75 Å². The van der Waals surface area contributed by atoms with Gasteiger partial charge in [0, 0.05) is 12.4 Å². The molecule has 0 aliphatic heterocycles. The fraction of sp³-hybridized carbons (Fsp3) is 0.0909. The minimum atomic E-state index is 0.210. The number of aryl methyl sites for hydroxylation is 1. The summed E-state index contributed by atoms with van der Waals surface area (Å²) >= 11 is 0. The molecular formula is C11H10N2O. The van der Waals surface area contributed by atoms with Gasteiger partial charge in [-0.25, -0.2) is 9.97 Å². The number of hydrogen-bond donors (Lipinski definition) is 1. The van der Waals surface area contributed by atoms with Crippen molar-refractivity contribution in [1.82, 2.24) is 9.97 Å². The van der Waals surface area contributed by atoms with Gasteiger partial charge in [0.1, 0.15) is 5.75 Å². The fourth-order valence-electron chi connectivity index (χ4n) is 1.27. The molecule has 0 fully saturated rings. The van der Waals surface area contributed by atoms with E-state index >= 15 is 0 Å². The van der Waals surface area contributed by atoms with E-state index in [1.165, 1.54) is 0 Å². The lowest BCUT2D eigenvalue weighted by Gasteiger charge is -2.03. The number of phenols is 1. The van der Waals surface area contributed by atoms with Crippen molar-refractivity contribution in [3.8, 4) is 17.1 Å². The van der Waals surface area contributed by atoms with Gasteiger partial charge in [0.05, 0.1) is 5.56 Å². The quantitative estimate of drug-likeness (QED) is 0.742. The highest BCUT2D eigenvalue weighted by molar-refractivity contribution is 5.64. The Kier molecular flexibility index (Phi) is 2.14. The minimum Gasteiger partial charge on any atom is -0.507 e. The van der Waals surface area contributed by atoms with Crippen LogP contribution in [-0.4, -0.2) is 15.1 Å². The topological polar surface area (TPSA) is 46.0 Å². The molecule has 0 spiro atoms. The zero-order valence-electron chi connectivity index (χ0n) is 7.81. The Morgan fingerprint density at radius 3 is 2.57 bits per heavy atom. The lowest BCUT2D eigenvalue weighted by Crippen LogP contribution is -1.87. The summed E-state index contributed by atoms with van der Waals surface area (Å²) in [6.45, 7) is 1.96. The maximum atomic E-state index is 9.61. The Hall–Kier alpha value is -1.90. The highest BCUT2D eigenvalue weighted by Gasteiger charge is 2.05. The van der Waals surface area contributed by atoms with Crippen molar-refractivity contribution in [3.05, 3.63) is 42.2 Å². The van der Waals surface area contributed by atoms with E-state index in [1.54, 1.807) is 24.5 Å². The molecule has 0 atom stereocenters. The molecule has 0 amide bonds. The van der Waals surface area contributed by atoms with E-state index in [9.17, 15) is 5.11 Å². The molecule has 0 aliphatic carbocycles. The molecule has 0 unspecified atom stereocenters. The van der Waals surface area contributed by atoms with E-state index in [0.717, 1.165) is 5.56 Å². The molecule has 0 bridgehead atoms. The number of nitrogens with zero attached hydrogens (tertiary/aromatic N) is 2. The third kappa shape index (κ3) is 1.57. The van der Waals surface area contributed by atoms with Gasteiger partial charge >= 0.3 is 0 Å². The predicted octanol–water partition coefficient (Wildman–Crippen LogP) is 2.16. The molecule has 14 heavy (non-hydrogen) atoms. The molecule has 0 aliphatic rings. The second kappa shape index (κ2) is 3.46. The molecule has 3 heteroatoms. The van der Waals surface area contributed by atoms with Gasteiger partial charge in [-0.15, -0.1) is 0 Å². The molecule has 0 saturated carbocycles. The SMILES string of the molecule is Cc1ccc(O)c(-c2ncccn2)c1. The molecule has 1 aromatic carbocycles. The summed E-state index contributed by atoms with van der Waals surface area (Å²) < 4.78 is 0. The van der Waals surface area contributed by atoms with Gasteiger partial charge in [0.15, 0.2) is 5.82 Å². The molecule has 0 saturated heterocycles. The van der Waals surface area contributed by atoms with Crippen LogP contribution in [0.3, 0.4) is 0 Å². The molecule has 1 N–H and O–H groups in total. The van der Waals surface area contributed by atoms with Crippen molar-refractivity contribution in [3.63, 3.8) is 0 Å². The van der Waals surface area contributed by atoms with Crippen LogP contribution in [0.15, 0.2) is 36.7 Å². The van der Waals surface area contributed by atoms with Crippen LogP contribution in [0.4, 0.5) is 0 Å². The van der Waals surface area contributed by atoms with Crippen LogP contribution >= 0.6 is 0 Å². The summed E-state index contributed by atoms with van der Waals surface area (Å²) in [6.07, 6.45) is 3.31. The smallest absolute Gasteiger partial charge is 0.162 e. The summed E-state index contributed by atoms with van der Waals surface area (Å²) in [6, 6.07) is 7.11. The molecule has 2 rings (SSSR count). The first-order valence-corrected chi connectivity index (χ1v) is 4.34. The average molecular weight is 186 g/mol. The first-order chi connectivity index (χ1) is 6.77. The van der Waals surface area contributed by atoms with Gasteiger partial charge in [0.2, 0.25) is 0 Å². The Morgan fingerprint density at radius 1 is 1.14 bits per heavy atom. The lowest BCUT2D eigenvalue weighted by molar-refractivity contribution is 0.476. The van der Waals surface area contributed by atoms with Crippen LogP contribution in [0.2, 0.25) is 0 Å². The van der Waals surface area contributed by atoms with Gasteiger partial charge in [0.25, 0.3) is 0 Å². The highest BCUT2D eigenvalue weighted by Crippen LogP contribution is 2.26. The summed E-state index contributed by atoms with van der Waals surface area (Å²) in [5.41, 5.74) is 1.75. The van der Waals surface area contributed by atoms with Gasteiger partial charge < -0.3 is 5.11 Å². The van der Waals surface area contributed by atoms with Crippen molar-refractivity contribution >= 4 is 0 Å². The van der Waals surface area contributed by atoms with Gasteiger partial charge in [-0.1, -0.05) is 11.6 Å². The maximum absolute atomic E-state index is 9.61. The molecule has 3 nitrogen and oxygen atoms in total. The highest BCUT2D eigenvalue weighted by atomic mass is 16.3. The zero-order chi connectivity index (χ0) is 9.97. The van der Waals surface area contributed by atoms with Crippen molar-refractivity contribution in [1.29, 1.82) is 0 Å². The first kappa shape index (κ1) is 8.69. The van der Waals surface area contributed by atoms with E-state index in [4.69, 9.17) is 0 Å². The number of hydrogen-bond acceptors (Lipinski definition) is 3. The van der Waals surface area contributed by atoms with E-state index in [-0.39, 0.29) is 5.75 Å². The number of phenolic OH excluding ortho intramolecular Hbond substituents is 1. The van der Waals surface area contributed by atoms with Crippen molar-refractivity contribution in [2.45, 2.75) is 6.92 Å². The number of benzene rings is 1. The van der Waals surface area contributed by atoms with Gasteiger partial charge in [-0.3, -0.25) is 0 Å². The minimum absolute atomic E-state index is 0.210. The monoisotopic (exact) mass is 186 g/mol. The van der Waals surface area contributed by atoms with Gasteiger partial charge in [-0.05, 0) is 25.1 Å². The first-order valence-electron chi connectivity index (χ1n) is 4.34. The predicted molar refractivity (Wildman–Crippen MR) is 53.9 cm³/mol. The van der Waals surface area contributed by atoms with Crippen LogP contribution in [0, 0.1) is 6.92 Å². The Bertz CT molecular complexity index is 440. The average Bonchev–Trinajstić information content (AvgIpc) is 2.23. The van der Waals surface area contributed by atoms with E-state index < -0.39 is 0 Å². The lowest BCUT2D eigenvalue weighted by atomic mass is 10.1. The summed E-state index contributed by atoms with van der Waals surface area (Å²) in [7, 11) is 0. The zero-order valence-corrected chi connectivity index (χ0v) is 7.81. The van der Waals surface area contributed by atoms with E-state index in [1.807, 2.05) is 19.1 Å². The largest absolute Gasteiger partial charge is 0.507 e. The van der Waals surface area contributed by atoms with E-state index in [0.29, 0.717) is 11.4 Å². The second-order valence-electron chi connectivity index (χ2n) is 3.09. The molecular weight excluding hydrogens is 176 g/mol. The third-order valence-electron chi connectivity index (χ3n) is 1.96. The Morgan fingerprint density at radius 2 is 1.86 bits per heavy atom. The van der Waals surface area contributed by atoms with Crippen LogP contribution in [0.1, 0.15) is 5.56 Å². The number of rotatable bonds is 1. The van der Waals surface area contributed by atoms with Crippen molar-refractivity contribution in [2.24, 2.45) is 0 Å². The van der Waals surface area contributed by atoms with Crippen molar-refractivity contribution < 1.29 is 5.11 Å². The fourth-order valence-corrected chi connectivity index (χ4v) is 1.27. The molecule has 0 radical (unpaired) electrons. The Labute approximate surface area is 82.1 Å². The molecule has 1 aromatic heterocycles. The third-order valence-corrected chi connectivity index (χ3v) is 1.96. The van der Waals surface area contributed by atoms with Crippen molar-refractivity contribution in [2.75, 3.05) is 0 Å². The van der Waals surface area contributed by atoms with E-state index in [2.05, 4.69) is 9.97 Å². The normalized spacial score (nSPS) is 10.1. The molecule has 2 aromatic rings. The number of aromatic hydroxyl groups is 1. The second-order valence-corrected chi connectivity index (χ2v) is 3.09. The summed E-state index contributed by atoms with van der Waals surface area (Å²) in [5.74, 6) is 0.760. The van der Waals surface area contributed by atoms with Crippen LogP contribution < -0.4 is 0 Å². The van der Waals surface area contributed by atoms with Gasteiger partial charge in [-0.2, -0.15) is 0 Å². The van der Waals surface area contributed by atoms with Crippen LogP contribution in [0.25, 0.3) is 11.4 Å². The maximum Gasteiger partial charge on any atom is 0.162 e. The summed E-state index contributed by atoms with van der Waals surface area (Å²) in [4.78, 5) is 8.16. The molecule has 1 heterocycles. The standard InChI is InChI=1S/C11H10N2O/c1-8-3-4-10(14)9(7-8)11-12-5-2-6-13-11/h2-7,14H,1H3. The van der Waals surface area contributed by atoms with Crippen LogP contribution in [-0.2, 0) is 0 Å². The number of aromatic nitrogens is 2.